The number of hydrogen-bond donors (Lipinski definition) is 1. The summed E-state index contributed by atoms with van der Waals surface area (Å²) in [7, 11) is 2.09. The first kappa shape index (κ1) is 14.5. The molecule has 0 fully saturated rings. The van der Waals surface area contributed by atoms with Gasteiger partial charge in [0.1, 0.15) is 5.82 Å². The van der Waals surface area contributed by atoms with Crippen molar-refractivity contribution in [2.24, 2.45) is 5.73 Å². The fourth-order valence-corrected chi connectivity index (χ4v) is 2.18. The van der Waals surface area contributed by atoms with Crippen LogP contribution in [0.25, 0.3) is 0 Å². The number of hydrogen-bond acceptors (Lipinski definition) is 3. The van der Waals surface area contributed by atoms with E-state index in [1.54, 1.807) is 0 Å². The largest absolute Gasteiger partial charge is 0.359 e. The molecular weight excluding hydrogens is 246 g/mol. The Bertz CT molecular complexity index is 515. The van der Waals surface area contributed by atoms with Crippen molar-refractivity contribution in [1.29, 1.82) is 0 Å². The van der Waals surface area contributed by atoms with Crippen LogP contribution in [0.15, 0.2) is 42.5 Å². The van der Waals surface area contributed by atoms with Crippen molar-refractivity contribution in [2.45, 2.75) is 26.3 Å². The Hall–Kier alpha value is -1.87. The van der Waals surface area contributed by atoms with Crippen molar-refractivity contribution in [3.05, 3.63) is 59.3 Å². The summed E-state index contributed by atoms with van der Waals surface area (Å²) >= 11 is 0. The highest BCUT2D eigenvalue weighted by atomic mass is 15.2. The lowest BCUT2D eigenvalue weighted by molar-refractivity contribution is 0.846. The molecule has 1 aromatic carbocycles. The van der Waals surface area contributed by atoms with Crippen LogP contribution in [0.1, 0.15) is 23.7 Å². The van der Waals surface area contributed by atoms with Crippen molar-refractivity contribution in [2.75, 3.05) is 18.5 Å². The first-order chi connectivity index (χ1) is 9.72. The Morgan fingerprint density at radius 1 is 1.10 bits per heavy atom. The molecule has 106 valence electrons. The first-order valence-corrected chi connectivity index (χ1v) is 7.18. The number of benzene rings is 1. The van der Waals surface area contributed by atoms with E-state index in [9.17, 15) is 0 Å². The highest BCUT2D eigenvalue weighted by Gasteiger charge is 2.06. The third-order valence-electron chi connectivity index (χ3n) is 3.49. The summed E-state index contributed by atoms with van der Waals surface area (Å²) in [5, 5.41) is 0. The van der Waals surface area contributed by atoms with Crippen LogP contribution < -0.4 is 10.6 Å². The van der Waals surface area contributed by atoms with Crippen LogP contribution in [-0.2, 0) is 19.4 Å². The third kappa shape index (κ3) is 3.81. The van der Waals surface area contributed by atoms with Crippen LogP contribution in [0.3, 0.4) is 0 Å². The lowest BCUT2D eigenvalue weighted by Crippen LogP contribution is -2.22. The number of anilines is 1. The van der Waals surface area contributed by atoms with Gasteiger partial charge in [-0.1, -0.05) is 37.3 Å². The van der Waals surface area contributed by atoms with Gasteiger partial charge in [-0.15, -0.1) is 0 Å². The monoisotopic (exact) mass is 269 g/mol. The van der Waals surface area contributed by atoms with Gasteiger partial charge in [0.2, 0.25) is 0 Å². The fourth-order valence-electron chi connectivity index (χ4n) is 2.18. The third-order valence-corrected chi connectivity index (χ3v) is 3.49. The summed E-state index contributed by atoms with van der Waals surface area (Å²) in [4.78, 5) is 6.88. The van der Waals surface area contributed by atoms with E-state index in [1.165, 1.54) is 5.56 Å². The van der Waals surface area contributed by atoms with Crippen molar-refractivity contribution in [3.63, 3.8) is 0 Å². The summed E-state index contributed by atoms with van der Waals surface area (Å²) in [6, 6.07) is 14.7. The van der Waals surface area contributed by atoms with Crippen LogP contribution in [0.5, 0.6) is 0 Å². The van der Waals surface area contributed by atoms with E-state index in [2.05, 4.69) is 60.3 Å². The first-order valence-electron chi connectivity index (χ1n) is 7.18. The van der Waals surface area contributed by atoms with Gasteiger partial charge in [-0.25, -0.2) is 4.98 Å². The van der Waals surface area contributed by atoms with E-state index < -0.39 is 0 Å². The SMILES string of the molecule is CCc1cc(CN)cc(N(C)CCc2ccccc2)n1. The lowest BCUT2D eigenvalue weighted by atomic mass is 10.1. The summed E-state index contributed by atoms with van der Waals surface area (Å²) < 4.78 is 0. The minimum Gasteiger partial charge on any atom is -0.359 e. The maximum Gasteiger partial charge on any atom is 0.128 e. The number of nitrogens with zero attached hydrogens (tertiary/aromatic N) is 2. The second-order valence-electron chi connectivity index (χ2n) is 5.04. The molecule has 0 amide bonds. The number of pyridine rings is 1. The Morgan fingerprint density at radius 2 is 1.85 bits per heavy atom. The van der Waals surface area contributed by atoms with Gasteiger partial charge in [-0.05, 0) is 36.1 Å². The minimum absolute atomic E-state index is 0.565. The van der Waals surface area contributed by atoms with Crippen molar-refractivity contribution in [3.8, 4) is 0 Å². The molecule has 0 unspecified atom stereocenters. The zero-order chi connectivity index (χ0) is 14.4. The van der Waals surface area contributed by atoms with E-state index >= 15 is 0 Å². The molecule has 2 N–H and O–H groups in total. The predicted octanol–water partition coefficient (Wildman–Crippen LogP) is 2.78. The number of nitrogens with two attached hydrogens (primary N) is 1. The predicted molar refractivity (Wildman–Crippen MR) is 84.9 cm³/mol. The molecule has 0 aliphatic carbocycles. The summed E-state index contributed by atoms with van der Waals surface area (Å²) in [5.74, 6) is 1.01. The van der Waals surface area contributed by atoms with Crippen molar-refractivity contribution >= 4 is 5.82 Å². The molecule has 0 atom stereocenters. The van der Waals surface area contributed by atoms with Gasteiger partial charge in [0.05, 0.1) is 0 Å². The molecule has 3 heteroatoms. The smallest absolute Gasteiger partial charge is 0.128 e. The van der Waals surface area contributed by atoms with Crippen LogP contribution >= 0.6 is 0 Å². The number of likely N-dealkylation sites (N-methyl/N-ethyl adjacent to an activating group) is 1. The topological polar surface area (TPSA) is 42.1 Å². The van der Waals surface area contributed by atoms with Crippen molar-refractivity contribution < 1.29 is 0 Å². The highest BCUT2D eigenvalue weighted by molar-refractivity contribution is 5.42. The highest BCUT2D eigenvalue weighted by Crippen LogP contribution is 2.15. The fraction of sp³-hybridized carbons (Fsp3) is 0.353. The molecule has 0 saturated carbocycles. The van der Waals surface area contributed by atoms with Crippen LogP contribution in [0.2, 0.25) is 0 Å². The van der Waals surface area contributed by atoms with E-state index in [0.717, 1.165) is 36.5 Å². The Morgan fingerprint density at radius 3 is 2.50 bits per heavy atom. The van der Waals surface area contributed by atoms with E-state index in [-0.39, 0.29) is 0 Å². The average Bonchev–Trinajstić information content (AvgIpc) is 2.52. The van der Waals surface area contributed by atoms with E-state index in [1.807, 2.05) is 6.07 Å². The zero-order valence-corrected chi connectivity index (χ0v) is 12.3. The summed E-state index contributed by atoms with van der Waals surface area (Å²) in [6.45, 7) is 3.64. The van der Waals surface area contributed by atoms with Gasteiger partial charge >= 0.3 is 0 Å². The Kier molecular flexibility index (Phi) is 5.13. The van der Waals surface area contributed by atoms with E-state index in [0.29, 0.717) is 6.54 Å². The van der Waals surface area contributed by atoms with Gasteiger partial charge in [0.15, 0.2) is 0 Å². The minimum atomic E-state index is 0.565. The molecule has 0 saturated heterocycles. The summed E-state index contributed by atoms with van der Waals surface area (Å²) in [5.41, 5.74) is 9.37. The molecule has 0 radical (unpaired) electrons. The molecule has 2 rings (SSSR count). The van der Waals surface area contributed by atoms with Gasteiger partial charge in [0.25, 0.3) is 0 Å². The number of rotatable bonds is 6. The average molecular weight is 269 g/mol. The molecule has 0 aliphatic heterocycles. The molecular formula is C17H23N3. The van der Waals surface area contributed by atoms with Gasteiger partial charge in [-0.2, -0.15) is 0 Å². The molecule has 3 nitrogen and oxygen atoms in total. The van der Waals surface area contributed by atoms with Crippen molar-refractivity contribution in [1.82, 2.24) is 4.98 Å². The molecule has 1 aromatic heterocycles. The second-order valence-corrected chi connectivity index (χ2v) is 5.04. The molecule has 0 spiro atoms. The molecule has 0 bridgehead atoms. The molecule has 2 aromatic rings. The van der Waals surface area contributed by atoms with Gasteiger partial charge in [0, 0.05) is 25.8 Å². The molecule has 1 heterocycles. The number of aryl methyl sites for hydroxylation is 1. The lowest BCUT2D eigenvalue weighted by Gasteiger charge is -2.20. The van der Waals surface area contributed by atoms with E-state index in [4.69, 9.17) is 5.73 Å². The molecule has 20 heavy (non-hydrogen) atoms. The summed E-state index contributed by atoms with van der Waals surface area (Å²) in [6.07, 6.45) is 1.96. The zero-order valence-electron chi connectivity index (χ0n) is 12.3. The second kappa shape index (κ2) is 7.06. The quantitative estimate of drug-likeness (QED) is 0.877. The standard InChI is InChI=1S/C17H23N3/c1-3-16-11-15(13-18)12-17(19-16)20(2)10-9-14-7-5-4-6-8-14/h4-8,11-12H,3,9-10,13,18H2,1-2H3. The Balaban J connectivity index is 2.06. The maximum absolute atomic E-state index is 5.76. The maximum atomic E-state index is 5.76. The van der Waals surface area contributed by atoms with Crippen LogP contribution in [0, 0.1) is 0 Å². The van der Waals surface area contributed by atoms with Crippen LogP contribution in [0.4, 0.5) is 5.82 Å². The Labute approximate surface area is 121 Å². The normalized spacial score (nSPS) is 10.6. The van der Waals surface area contributed by atoms with Gasteiger partial charge < -0.3 is 10.6 Å². The van der Waals surface area contributed by atoms with Crippen LogP contribution in [-0.4, -0.2) is 18.6 Å². The number of aromatic nitrogens is 1. The molecule has 0 aliphatic rings. The van der Waals surface area contributed by atoms with Gasteiger partial charge in [-0.3, -0.25) is 0 Å².